The van der Waals surface area contributed by atoms with Gasteiger partial charge in [-0.15, -0.1) is 3.89 Å². The number of benzene rings is 1. The second-order valence-electron chi connectivity index (χ2n) is 4.50. The van der Waals surface area contributed by atoms with Crippen molar-refractivity contribution in [3.05, 3.63) is 27.2 Å². The second-order valence-corrected chi connectivity index (χ2v) is 7.13. The minimum absolute atomic E-state index is 0.0558. The Morgan fingerprint density at radius 1 is 1.20 bits per heavy atom. The van der Waals surface area contributed by atoms with E-state index in [1.807, 2.05) is 0 Å². The van der Waals surface area contributed by atoms with Crippen LogP contribution in [0.4, 0.5) is 9.57 Å². The van der Waals surface area contributed by atoms with Crippen molar-refractivity contribution in [1.82, 2.24) is 0 Å². The highest BCUT2D eigenvalue weighted by Crippen LogP contribution is 2.37. The molecule has 1 unspecified atom stereocenters. The van der Waals surface area contributed by atoms with Crippen LogP contribution in [0.5, 0.6) is 0 Å². The number of hydrogen-bond acceptors (Lipinski definition) is 3. The molecule has 1 aromatic carbocycles. The molecule has 0 saturated carbocycles. The molecule has 4 nitrogen and oxygen atoms in total. The number of rotatable bonds is 3. The van der Waals surface area contributed by atoms with Gasteiger partial charge in [-0.2, -0.15) is 8.42 Å². The van der Waals surface area contributed by atoms with E-state index < -0.39 is 21.9 Å². The first kappa shape index (κ1) is 15.8. The number of halogens is 4. The van der Waals surface area contributed by atoms with E-state index in [0.717, 1.165) is 0 Å². The molecule has 1 fully saturated rings. The van der Waals surface area contributed by atoms with Crippen molar-refractivity contribution in [2.24, 2.45) is 5.92 Å². The molecule has 1 aromatic rings. The van der Waals surface area contributed by atoms with Gasteiger partial charge in [0, 0.05) is 18.9 Å². The van der Waals surface area contributed by atoms with Gasteiger partial charge in [-0.1, -0.05) is 34.8 Å². The van der Waals surface area contributed by atoms with E-state index >= 15 is 0 Å². The van der Waals surface area contributed by atoms with E-state index in [0.29, 0.717) is 5.69 Å². The molecule has 1 amide bonds. The molecule has 0 spiro atoms. The molecule has 0 aromatic heterocycles. The molecule has 9 heteroatoms. The third kappa shape index (κ3) is 3.55. The number of hydrogen-bond donors (Lipinski definition) is 0. The average molecular weight is 361 g/mol. The lowest BCUT2D eigenvalue weighted by atomic mass is 10.1. The maximum atomic E-state index is 12.7. The van der Waals surface area contributed by atoms with E-state index in [1.165, 1.54) is 17.0 Å². The van der Waals surface area contributed by atoms with Crippen molar-refractivity contribution < 1.29 is 17.1 Å². The Kier molecular flexibility index (Phi) is 4.49. The molecule has 0 aliphatic carbocycles. The van der Waals surface area contributed by atoms with Crippen LogP contribution in [-0.2, 0) is 15.0 Å². The molecule has 0 radical (unpaired) electrons. The predicted octanol–water partition coefficient (Wildman–Crippen LogP) is 3.30. The van der Waals surface area contributed by atoms with Crippen molar-refractivity contribution >= 4 is 56.6 Å². The fraction of sp³-hybridized carbons (Fsp3) is 0.364. The molecule has 1 aliphatic heterocycles. The molecule has 1 atom stereocenters. The SMILES string of the molecule is O=C1CC(CS(=O)(=O)F)CN1c1cc(Cl)c(Cl)cc1Cl. The van der Waals surface area contributed by atoms with Gasteiger partial charge in [0.15, 0.2) is 0 Å². The Balaban J connectivity index is 2.26. The monoisotopic (exact) mass is 359 g/mol. The maximum absolute atomic E-state index is 12.7. The van der Waals surface area contributed by atoms with E-state index in [9.17, 15) is 17.1 Å². The van der Waals surface area contributed by atoms with Crippen LogP contribution in [0.25, 0.3) is 0 Å². The minimum atomic E-state index is -4.62. The van der Waals surface area contributed by atoms with Crippen LogP contribution >= 0.6 is 34.8 Å². The van der Waals surface area contributed by atoms with E-state index in [2.05, 4.69) is 0 Å². The lowest BCUT2D eigenvalue weighted by Gasteiger charge is -2.18. The molecule has 110 valence electrons. The second kappa shape index (κ2) is 5.67. The lowest BCUT2D eigenvalue weighted by molar-refractivity contribution is -0.117. The first-order valence-electron chi connectivity index (χ1n) is 5.54. The Hall–Kier alpha value is -0.560. The van der Waals surface area contributed by atoms with Crippen molar-refractivity contribution in [1.29, 1.82) is 0 Å². The van der Waals surface area contributed by atoms with Gasteiger partial charge in [-0.25, -0.2) is 0 Å². The quantitative estimate of drug-likeness (QED) is 0.614. The van der Waals surface area contributed by atoms with Gasteiger partial charge in [0.2, 0.25) is 5.91 Å². The van der Waals surface area contributed by atoms with Crippen LogP contribution in [0.3, 0.4) is 0 Å². The molecule has 0 bridgehead atoms. The highest BCUT2D eigenvalue weighted by atomic mass is 35.5. The molecule has 1 aliphatic rings. The number of carbonyl (C=O) groups is 1. The van der Waals surface area contributed by atoms with Crippen molar-refractivity contribution in [3.63, 3.8) is 0 Å². The molecular formula is C11H9Cl3FNO3S. The number of anilines is 1. The van der Waals surface area contributed by atoms with Crippen LogP contribution in [0.1, 0.15) is 6.42 Å². The number of nitrogens with zero attached hydrogens (tertiary/aromatic N) is 1. The van der Waals surface area contributed by atoms with Crippen LogP contribution in [-0.4, -0.2) is 26.6 Å². The summed E-state index contributed by atoms with van der Waals surface area (Å²) in [5.74, 6) is -1.63. The standard InChI is InChI=1S/C11H9Cl3FNO3S/c12-7-2-9(14)10(3-8(7)13)16-4-6(1-11(16)17)5-20(15,18)19/h2-3,6H,1,4-5H2. The molecular weight excluding hydrogens is 352 g/mol. The van der Waals surface area contributed by atoms with E-state index in [1.54, 1.807) is 0 Å². The summed E-state index contributed by atoms with van der Waals surface area (Å²) in [6.45, 7) is 0.0691. The highest BCUT2D eigenvalue weighted by molar-refractivity contribution is 7.86. The zero-order chi connectivity index (χ0) is 15.1. The topological polar surface area (TPSA) is 54.5 Å². The third-order valence-electron chi connectivity index (χ3n) is 2.92. The molecule has 0 N–H and O–H groups in total. The summed E-state index contributed by atoms with van der Waals surface area (Å²) in [5.41, 5.74) is 0.338. The fourth-order valence-corrected chi connectivity index (χ4v) is 3.56. The van der Waals surface area contributed by atoms with E-state index in [4.69, 9.17) is 34.8 Å². The van der Waals surface area contributed by atoms with E-state index in [-0.39, 0.29) is 33.9 Å². The summed E-state index contributed by atoms with van der Waals surface area (Å²) in [6, 6.07) is 2.82. The van der Waals surface area contributed by atoms with Crippen molar-refractivity contribution in [3.8, 4) is 0 Å². The Morgan fingerprint density at radius 3 is 2.40 bits per heavy atom. The zero-order valence-electron chi connectivity index (χ0n) is 9.95. The van der Waals surface area contributed by atoms with Crippen molar-refractivity contribution in [2.45, 2.75) is 6.42 Å². The predicted molar refractivity (Wildman–Crippen MR) is 76.8 cm³/mol. The van der Waals surface area contributed by atoms with Gasteiger partial charge in [0.1, 0.15) is 0 Å². The summed E-state index contributed by atoms with van der Waals surface area (Å²) in [5, 5.41) is 0.687. The van der Waals surface area contributed by atoms with Crippen molar-refractivity contribution in [2.75, 3.05) is 17.2 Å². The number of amides is 1. The number of carbonyl (C=O) groups excluding carboxylic acids is 1. The van der Waals surface area contributed by atoms with Gasteiger partial charge >= 0.3 is 10.2 Å². The van der Waals surface area contributed by atoms with Crippen LogP contribution in [0.15, 0.2) is 12.1 Å². The normalized spacial score (nSPS) is 19.7. The van der Waals surface area contributed by atoms with Crippen LogP contribution in [0.2, 0.25) is 15.1 Å². The average Bonchev–Trinajstić information content (AvgIpc) is 2.62. The van der Waals surface area contributed by atoms with Gasteiger partial charge in [0.05, 0.1) is 26.5 Å². The molecule has 1 saturated heterocycles. The molecule has 2 rings (SSSR count). The first-order valence-corrected chi connectivity index (χ1v) is 8.23. The summed E-state index contributed by atoms with van der Waals surface area (Å²) in [7, 11) is -4.62. The van der Waals surface area contributed by atoms with Gasteiger partial charge in [-0.3, -0.25) is 4.79 Å². The Labute approximate surface area is 130 Å². The van der Waals surface area contributed by atoms with Gasteiger partial charge < -0.3 is 4.90 Å². The van der Waals surface area contributed by atoms with Gasteiger partial charge in [0.25, 0.3) is 0 Å². The zero-order valence-corrected chi connectivity index (χ0v) is 13.0. The van der Waals surface area contributed by atoms with Gasteiger partial charge in [-0.05, 0) is 12.1 Å². The minimum Gasteiger partial charge on any atom is -0.311 e. The summed E-state index contributed by atoms with van der Waals surface area (Å²) < 4.78 is 34.0. The summed E-state index contributed by atoms with van der Waals surface area (Å²) in [4.78, 5) is 13.2. The summed E-state index contributed by atoms with van der Waals surface area (Å²) in [6.07, 6.45) is -0.0558. The fourth-order valence-electron chi connectivity index (χ4n) is 2.13. The summed E-state index contributed by atoms with van der Waals surface area (Å²) >= 11 is 17.7. The Morgan fingerprint density at radius 2 is 1.80 bits per heavy atom. The highest BCUT2D eigenvalue weighted by Gasteiger charge is 2.34. The van der Waals surface area contributed by atoms with Crippen LogP contribution in [0, 0.1) is 5.92 Å². The maximum Gasteiger partial charge on any atom is 0.302 e. The smallest absolute Gasteiger partial charge is 0.302 e. The lowest BCUT2D eigenvalue weighted by Crippen LogP contribution is -2.25. The molecule has 1 heterocycles. The molecule has 20 heavy (non-hydrogen) atoms. The largest absolute Gasteiger partial charge is 0.311 e. The Bertz CT molecular complexity index is 665. The van der Waals surface area contributed by atoms with Crippen LogP contribution < -0.4 is 4.90 Å². The first-order chi connectivity index (χ1) is 9.17. The third-order valence-corrected chi connectivity index (χ3v) is 4.81.